The third-order valence-corrected chi connectivity index (χ3v) is 4.19. The van der Waals surface area contributed by atoms with Gasteiger partial charge in [0.15, 0.2) is 0 Å². The smallest absolute Gasteiger partial charge is 0.0650 e. The summed E-state index contributed by atoms with van der Waals surface area (Å²) in [5.41, 5.74) is 0.789. The van der Waals surface area contributed by atoms with Crippen LogP contribution < -0.4 is 0 Å². The van der Waals surface area contributed by atoms with Gasteiger partial charge in [0.05, 0.1) is 5.60 Å². The van der Waals surface area contributed by atoms with Gasteiger partial charge in [0.1, 0.15) is 0 Å². The Bertz CT molecular complexity index is 244. The molecule has 1 aliphatic rings. The highest BCUT2D eigenvalue weighted by atomic mass is 16.3. The van der Waals surface area contributed by atoms with E-state index in [4.69, 9.17) is 5.11 Å². The Morgan fingerprint density at radius 3 is 2.29 bits per heavy atom. The summed E-state index contributed by atoms with van der Waals surface area (Å²) < 4.78 is 0. The van der Waals surface area contributed by atoms with Gasteiger partial charge in [-0.25, -0.2) is 0 Å². The molecule has 100 valence electrons. The van der Waals surface area contributed by atoms with Gasteiger partial charge in [0.25, 0.3) is 0 Å². The minimum atomic E-state index is -0.535. The highest BCUT2D eigenvalue weighted by molar-refractivity contribution is 4.95. The van der Waals surface area contributed by atoms with E-state index in [0.29, 0.717) is 18.4 Å². The van der Waals surface area contributed by atoms with E-state index in [9.17, 15) is 5.11 Å². The molecule has 0 aliphatic heterocycles. The molecule has 1 saturated carbocycles. The van der Waals surface area contributed by atoms with Crippen LogP contribution in [0.2, 0.25) is 0 Å². The second-order valence-corrected chi connectivity index (χ2v) is 6.08. The van der Waals surface area contributed by atoms with Crippen molar-refractivity contribution in [3.8, 4) is 0 Å². The number of allylic oxidation sites excluding steroid dienone is 2. The first-order chi connectivity index (χ1) is 7.95. The number of aliphatic hydroxyl groups excluding tert-OH is 1. The molecule has 2 nitrogen and oxygen atoms in total. The second kappa shape index (κ2) is 6.55. The van der Waals surface area contributed by atoms with E-state index in [-0.39, 0.29) is 0 Å². The molecular weight excluding hydrogens is 212 g/mol. The van der Waals surface area contributed by atoms with Gasteiger partial charge in [-0.15, -0.1) is 0 Å². The summed E-state index contributed by atoms with van der Waals surface area (Å²) >= 11 is 0. The summed E-state index contributed by atoms with van der Waals surface area (Å²) in [6.45, 7) is 6.49. The van der Waals surface area contributed by atoms with E-state index in [0.717, 1.165) is 38.5 Å². The van der Waals surface area contributed by atoms with Crippen molar-refractivity contribution in [2.45, 2.75) is 64.9 Å². The molecule has 0 spiro atoms. The number of hydrogen-bond acceptors (Lipinski definition) is 2. The number of aliphatic hydroxyl groups is 2. The first-order valence-electron chi connectivity index (χ1n) is 6.92. The number of hydrogen-bond donors (Lipinski definition) is 2. The number of rotatable bonds is 5. The molecule has 1 fully saturated rings. The van der Waals surface area contributed by atoms with E-state index >= 15 is 0 Å². The zero-order chi connectivity index (χ0) is 12.9. The zero-order valence-electron chi connectivity index (χ0n) is 11.6. The first-order valence-corrected chi connectivity index (χ1v) is 6.92. The minimum Gasteiger partial charge on any atom is -0.396 e. The Balaban J connectivity index is 2.40. The molecular formula is C15H28O2. The maximum Gasteiger partial charge on any atom is 0.0650 e. The summed E-state index contributed by atoms with van der Waals surface area (Å²) in [5.74, 6) is 0.885. The van der Waals surface area contributed by atoms with Gasteiger partial charge < -0.3 is 10.2 Å². The predicted octanol–water partition coefficient (Wildman–Crippen LogP) is 3.28. The lowest BCUT2D eigenvalue weighted by molar-refractivity contribution is -0.0314. The summed E-state index contributed by atoms with van der Waals surface area (Å²) in [6.07, 6.45) is 8.29. The van der Waals surface area contributed by atoms with Crippen LogP contribution in [-0.4, -0.2) is 22.4 Å². The lowest BCUT2D eigenvalue weighted by atomic mass is 9.73. The first kappa shape index (κ1) is 14.7. The molecule has 0 saturated heterocycles. The van der Waals surface area contributed by atoms with Gasteiger partial charge in [-0.2, -0.15) is 0 Å². The zero-order valence-corrected chi connectivity index (χ0v) is 11.6. The normalized spacial score (nSPS) is 28.5. The van der Waals surface area contributed by atoms with E-state index in [1.54, 1.807) is 0 Å². The molecule has 0 radical (unpaired) electrons. The van der Waals surface area contributed by atoms with Crippen LogP contribution in [-0.2, 0) is 0 Å². The van der Waals surface area contributed by atoms with Crippen LogP contribution in [0, 0.1) is 11.8 Å². The van der Waals surface area contributed by atoms with Crippen LogP contribution in [0.5, 0.6) is 0 Å². The molecule has 1 unspecified atom stereocenters. The van der Waals surface area contributed by atoms with Crippen molar-refractivity contribution in [3.63, 3.8) is 0 Å². The fraction of sp³-hybridized carbons (Fsp3) is 0.867. The molecule has 17 heavy (non-hydrogen) atoms. The SMILES string of the molecule is CC(C)=CCCC(C)(O)C1CCC(CO)CC1. The summed E-state index contributed by atoms with van der Waals surface area (Å²) in [5, 5.41) is 19.6. The average Bonchev–Trinajstić information content (AvgIpc) is 2.28. The quantitative estimate of drug-likeness (QED) is 0.724. The van der Waals surface area contributed by atoms with Crippen LogP contribution >= 0.6 is 0 Å². The van der Waals surface area contributed by atoms with Gasteiger partial charge in [0.2, 0.25) is 0 Å². The van der Waals surface area contributed by atoms with Gasteiger partial charge in [-0.3, -0.25) is 0 Å². The molecule has 2 heteroatoms. The third-order valence-electron chi connectivity index (χ3n) is 4.19. The highest BCUT2D eigenvalue weighted by Gasteiger charge is 2.34. The Kier molecular flexibility index (Phi) is 5.68. The minimum absolute atomic E-state index is 0.312. The van der Waals surface area contributed by atoms with E-state index in [1.807, 2.05) is 6.92 Å². The van der Waals surface area contributed by atoms with Crippen molar-refractivity contribution in [1.29, 1.82) is 0 Å². The Labute approximate surface area is 106 Å². The monoisotopic (exact) mass is 240 g/mol. The average molecular weight is 240 g/mol. The van der Waals surface area contributed by atoms with Crippen molar-refractivity contribution in [3.05, 3.63) is 11.6 Å². The summed E-state index contributed by atoms with van der Waals surface area (Å²) in [6, 6.07) is 0. The van der Waals surface area contributed by atoms with Crippen LogP contribution in [0.3, 0.4) is 0 Å². The standard InChI is InChI=1S/C15H28O2/c1-12(2)5-4-10-15(3,17)14-8-6-13(11-16)7-9-14/h5,13-14,16-17H,4,6-11H2,1-3H3. The summed E-state index contributed by atoms with van der Waals surface area (Å²) in [4.78, 5) is 0. The molecule has 0 aromatic rings. The molecule has 1 atom stereocenters. The third kappa shape index (κ3) is 4.81. The topological polar surface area (TPSA) is 40.5 Å². The van der Waals surface area contributed by atoms with Crippen molar-refractivity contribution in [1.82, 2.24) is 0 Å². The fourth-order valence-corrected chi connectivity index (χ4v) is 2.82. The molecule has 2 N–H and O–H groups in total. The Morgan fingerprint density at radius 1 is 1.24 bits per heavy atom. The summed E-state index contributed by atoms with van der Waals surface area (Å²) in [7, 11) is 0. The fourth-order valence-electron chi connectivity index (χ4n) is 2.82. The molecule has 0 aromatic heterocycles. The Hall–Kier alpha value is -0.340. The molecule has 0 heterocycles. The van der Waals surface area contributed by atoms with Crippen molar-refractivity contribution >= 4 is 0 Å². The van der Waals surface area contributed by atoms with Gasteiger partial charge in [-0.05, 0) is 71.1 Å². The lowest BCUT2D eigenvalue weighted by Gasteiger charge is -2.37. The van der Waals surface area contributed by atoms with Crippen LogP contribution in [0.15, 0.2) is 11.6 Å². The lowest BCUT2D eigenvalue weighted by Crippen LogP contribution is -2.37. The molecule has 0 amide bonds. The van der Waals surface area contributed by atoms with Crippen molar-refractivity contribution in [2.75, 3.05) is 6.61 Å². The predicted molar refractivity (Wildman–Crippen MR) is 71.8 cm³/mol. The van der Waals surface area contributed by atoms with Crippen LogP contribution in [0.1, 0.15) is 59.3 Å². The van der Waals surface area contributed by atoms with Crippen LogP contribution in [0.4, 0.5) is 0 Å². The molecule has 0 bridgehead atoms. The largest absolute Gasteiger partial charge is 0.396 e. The van der Waals surface area contributed by atoms with Gasteiger partial charge in [-0.1, -0.05) is 11.6 Å². The molecule has 0 aromatic carbocycles. The van der Waals surface area contributed by atoms with Gasteiger partial charge in [0, 0.05) is 6.61 Å². The van der Waals surface area contributed by atoms with E-state index in [2.05, 4.69) is 19.9 Å². The Morgan fingerprint density at radius 2 is 1.82 bits per heavy atom. The van der Waals surface area contributed by atoms with Gasteiger partial charge >= 0.3 is 0 Å². The van der Waals surface area contributed by atoms with Crippen LogP contribution in [0.25, 0.3) is 0 Å². The van der Waals surface area contributed by atoms with E-state index < -0.39 is 5.60 Å². The maximum atomic E-state index is 10.5. The molecule has 1 aliphatic carbocycles. The highest BCUT2D eigenvalue weighted by Crippen LogP contribution is 2.37. The molecule has 1 rings (SSSR count). The maximum absolute atomic E-state index is 10.5. The second-order valence-electron chi connectivity index (χ2n) is 6.08. The van der Waals surface area contributed by atoms with E-state index in [1.165, 1.54) is 5.57 Å². The van der Waals surface area contributed by atoms with Crippen molar-refractivity contribution in [2.24, 2.45) is 11.8 Å². The van der Waals surface area contributed by atoms with Crippen molar-refractivity contribution < 1.29 is 10.2 Å².